The molecule has 0 radical (unpaired) electrons. The van der Waals surface area contributed by atoms with Gasteiger partial charge >= 0.3 is 0 Å². The average Bonchev–Trinajstić information content (AvgIpc) is 2.90. The van der Waals surface area contributed by atoms with Crippen LogP contribution in [-0.2, 0) is 9.59 Å². The van der Waals surface area contributed by atoms with E-state index in [9.17, 15) is 14.4 Å². The van der Waals surface area contributed by atoms with E-state index in [1.807, 2.05) is 0 Å². The number of carbonyl (C=O) groups excluding carboxylic acids is 2. The third-order valence-corrected chi connectivity index (χ3v) is 5.58. The van der Waals surface area contributed by atoms with E-state index in [2.05, 4.69) is 4.98 Å². The minimum absolute atomic E-state index is 0.0267. The molecule has 2 N–H and O–H groups in total. The monoisotopic (exact) mass is 336 g/mol. The predicted molar refractivity (Wildman–Crippen MR) is 86.1 cm³/mol. The maximum absolute atomic E-state index is 12.5. The zero-order valence-electron chi connectivity index (χ0n) is 13.0. The lowest BCUT2D eigenvalue weighted by Gasteiger charge is -2.31. The summed E-state index contributed by atoms with van der Waals surface area (Å²) in [6.45, 7) is 2.91. The third kappa shape index (κ3) is 3.26. The summed E-state index contributed by atoms with van der Waals surface area (Å²) in [6.07, 6.45) is 1.54. The molecule has 0 bridgehead atoms. The van der Waals surface area contributed by atoms with E-state index in [1.54, 1.807) is 16.4 Å². The van der Waals surface area contributed by atoms with Crippen molar-refractivity contribution in [2.75, 3.05) is 18.8 Å². The van der Waals surface area contributed by atoms with Crippen molar-refractivity contribution in [3.63, 3.8) is 0 Å². The summed E-state index contributed by atoms with van der Waals surface area (Å²) in [5.41, 5.74) is 5.92. The maximum atomic E-state index is 12.5. The van der Waals surface area contributed by atoms with Crippen molar-refractivity contribution in [3.8, 4) is 0 Å². The lowest BCUT2D eigenvalue weighted by Crippen LogP contribution is -2.42. The molecule has 1 aromatic heterocycles. The molecule has 0 saturated carbocycles. The van der Waals surface area contributed by atoms with E-state index in [1.165, 1.54) is 17.8 Å². The number of nitrogens with two attached hydrogens (primary N) is 1. The largest absolute Gasteiger partial charge is 0.369 e. The number of rotatable bonds is 3. The number of aryl methyl sites for hydroxylation is 1. The number of hydrogen-bond donors (Lipinski definition) is 1. The van der Waals surface area contributed by atoms with Gasteiger partial charge in [0, 0.05) is 42.9 Å². The number of hydrogen-bond acceptors (Lipinski definition) is 5. The second kappa shape index (κ2) is 6.35. The Morgan fingerprint density at radius 1 is 1.39 bits per heavy atom. The highest BCUT2D eigenvalue weighted by Crippen LogP contribution is 2.32. The maximum Gasteiger partial charge on any atom is 0.254 e. The number of primary amides is 1. The van der Waals surface area contributed by atoms with E-state index >= 15 is 0 Å². The highest BCUT2D eigenvalue weighted by molar-refractivity contribution is 7.99. The highest BCUT2D eigenvalue weighted by Gasteiger charge is 2.31. The number of nitrogens with zero attached hydrogens (tertiary/aromatic N) is 3. The summed E-state index contributed by atoms with van der Waals surface area (Å²) in [5.74, 6) is 0.302. The van der Waals surface area contributed by atoms with Crippen LogP contribution in [0.3, 0.4) is 0 Å². The third-order valence-electron chi connectivity index (χ3n) is 4.48. The Balaban J connectivity index is 1.65. The van der Waals surface area contributed by atoms with Crippen LogP contribution >= 0.6 is 11.8 Å². The van der Waals surface area contributed by atoms with Crippen LogP contribution in [0.1, 0.15) is 31.0 Å². The van der Waals surface area contributed by atoms with Crippen molar-refractivity contribution >= 4 is 23.6 Å². The molecule has 124 valence electrons. The molecule has 7 nitrogen and oxygen atoms in total. The van der Waals surface area contributed by atoms with Gasteiger partial charge in [0.1, 0.15) is 0 Å². The molecule has 8 heteroatoms. The molecule has 23 heavy (non-hydrogen) atoms. The molecule has 0 aliphatic carbocycles. The molecule has 3 rings (SSSR count). The van der Waals surface area contributed by atoms with Crippen molar-refractivity contribution in [2.45, 2.75) is 37.4 Å². The summed E-state index contributed by atoms with van der Waals surface area (Å²) in [6, 6.07) is 1.36. The van der Waals surface area contributed by atoms with Crippen molar-refractivity contribution in [2.24, 2.45) is 11.7 Å². The van der Waals surface area contributed by atoms with Crippen LogP contribution < -0.4 is 11.3 Å². The van der Waals surface area contributed by atoms with Crippen LogP contribution in [0.15, 0.2) is 16.0 Å². The van der Waals surface area contributed by atoms with Gasteiger partial charge in [-0.3, -0.25) is 19.0 Å². The first kappa shape index (κ1) is 16.0. The fourth-order valence-electron chi connectivity index (χ4n) is 3.16. The molecular formula is C15H20N4O3S. The Morgan fingerprint density at radius 2 is 2.09 bits per heavy atom. The van der Waals surface area contributed by atoms with Gasteiger partial charge in [-0.25, -0.2) is 4.98 Å². The minimum atomic E-state index is -0.286. The van der Waals surface area contributed by atoms with Crippen LogP contribution in [-0.4, -0.2) is 45.1 Å². The second-order valence-electron chi connectivity index (χ2n) is 6.11. The first-order valence-corrected chi connectivity index (χ1v) is 8.74. The van der Waals surface area contributed by atoms with Crippen molar-refractivity contribution < 1.29 is 9.59 Å². The van der Waals surface area contributed by atoms with Gasteiger partial charge in [0.15, 0.2) is 5.16 Å². The van der Waals surface area contributed by atoms with Crippen molar-refractivity contribution in [3.05, 3.63) is 22.1 Å². The Morgan fingerprint density at radius 3 is 2.74 bits per heavy atom. The average molecular weight is 336 g/mol. The van der Waals surface area contributed by atoms with Gasteiger partial charge in [-0.2, -0.15) is 0 Å². The van der Waals surface area contributed by atoms with E-state index in [4.69, 9.17) is 5.73 Å². The first-order chi connectivity index (χ1) is 11.0. The van der Waals surface area contributed by atoms with Gasteiger partial charge in [-0.05, 0) is 19.8 Å². The van der Waals surface area contributed by atoms with Crippen molar-refractivity contribution in [1.29, 1.82) is 0 Å². The molecular weight excluding hydrogens is 316 g/mol. The Kier molecular flexibility index (Phi) is 4.43. The van der Waals surface area contributed by atoms with E-state index in [0.717, 1.165) is 0 Å². The van der Waals surface area contributed by atoms with Crippen LogP contribution in [0.5, 0.6) is 0 Å². The highest BCUT2D eigenvalue weighted by atomic mass is 32.2. The molecule has 1 saturated heterocycles. The fourth-order valence-corrected chi connectivity index (χ4v) is 4.35. The first-order valence-electron chi connectivity index (χ1n) is 7.76. The van der Waals surface area contributed by atoms with Gasteiger partial charge in [-0.1, -0.05) is 11.8 Å². The summed E-state index contributed by atoms with van der Waals surface area (Å²) in [5, 5.41) is 0.695. The minimum Gasteiger partial charge on any atom is -0.369 e. The Bertz CT molecular complexity index is 694. The number of amides is 2. The molecule has 2 aliphatic heterocycles. The number of likely N-dealkylation sites (tertiary alicyclic amines) is 1. The number of aromatic nitrogens is 2. The van der Waals surface area contributed by atoms with Gasteiger partial charge < -0.3 is 10.6 Å². The lowest BCUT2D eigenvalue weighted by molar-refractivity contribution is -0.135. The quantitative estimate of drug-likeness (QED) is 0.801. The number of carbonyl (C=O) groups is 2. The predicted octanol–water partition coefficient (Wildman–Crippen LogP) is 0.313. The SMILES string of the molecule is Cc1cc(=O)n2c(n1)SC[C@H]2CC(=O)N1CCC(C(N)=O)CC1. The summed E-state index contributed by atoms with van der Waals surface area (Å²) in [7, 11) is 0. The Hall–Kier alpha value is -1.83. The standard InChI is InChI=1S/C15H20N4O3S/c1-9-6-13(21)19-11(8-23-15(19)17-9)7-12(20)18-4-2-10(3-5-18)14(16)22/h6,10-11H,2-5,7-8H2,1H3,(H2,16,22)/t11-/m1/s1. The van der Waals surface area contributed by atoms with E-state index in [-0.39, 0.29) is 29.3 Å². The number of fused-ring (bicyclic) bond motifs is 1. The van der Waals surface area contributed by atoms with Crippen LogP contribution in [0.4, 0.5) is 0 Å². The zero-order chi connectivity index (χ0) is 16.6. The smallest absolute Gasteiger partial charge is 0.254 e. The van der Waals surface area contributed by atoms with Crippen molar-refractivity contribution in [1.82, 2.24) is 14.5 Å². The van der Waals surface area contributed by atoms with E-state index in [0.29, 0.717) is 49.0 Å². The number of thioether (sulfide) groups is 1. The fraction of sp³-hybridized carbons (Fsp3) is 0.600. The molecule has 2 amide bonds. The molecule has 1 atom stereocenters. The molecule has 1 aromatic rings. The van der Waals surface area contributed by atoms with Gasteiger partial charge in [0.25, 0.3) is 5.56 Å². The Labute approximate surface area is 138 Å². The van der Waals surface area contributed by atoms with Gasteiger partial charge in [0.05, 0.1) is 6.04 Å². The molecule has 0 aromatic carbocycles. The molecule has 2 aliphatic rings. The molecule has 0 unspecified atom stereocenters. The van der Waals surface area contributed by atoms with Gasteiger partial charge in [0.2, 0.25) is 11.8 Å². The summed E-state index contributed by atoms with van der Waals surface area (Å²) in [4.78, 5) is 42.0. The summed E-state index contributed by atoms with van der Waals surface area (Å²) < 4.78 is 1.63. The molecule has 0 spiro atoms. The van der Waals surface area contributed by atoms with E-state index < -0.39 is 0 Å². The normalized spacial score (nSPS) is 21.3. The molecule has 1 fully saturated rings. The van der Waals surface area contributed by atoms with Crippen LogP contribution in [0, 0.1) is 12.8 Å². The zero-order valence-corrected chi connectivity index (χ0v) is 13.8. The van der Waals surface area contributed by atoms with Gasteiger partial charge in [-0.15, -0.1) is 0 Å². The lowest BCUT2D eigenvalue weighted by atomic mass is 9.96. The van der Waals surface area contributed by atoms with Crippen LogP contribution in [0.25, 0.3) is 0 Å². The van der Waals surface area contributed by atoms with Crippen LogP contribution in [0.2, 0.25) is 0 Å². The summed E-state index contributed by atoms with van der Waals surface area (Å²) >= 11 is 1.52. The topological polar surface area (TPSA) is 98.3 Å². The molecule has 3 heterocycles. The number of piperidine rings is 1. The second-order valence-corrected chi connectivity index (χ2v) is 7.10.